The Bertz CT molecular complexity index is 2300. The average Bonchev–Trinajstić information content (AvgIpc) is 3.60. The maximum atomic E-state index is 9.85. The van der Waals surface area contributed by atoms with Gasteiger partial charge in [0.1, 0.15) is 17.2 Å². The molecule has 1 aliphatic carbocycles. The second kappa shape index (κ2) is 21.8. The molecule has 0 fully saturated rings. The van der Waals surface area contributed by atoms with Gasteiger partial charge < -0.3 is 15.3 Å². The van der Waals surface area contributed by atoms with Crippen LogP contribution < -0.4 is 0 Å². The van der Waals surface area contributed by atoms with Crippen molar-refractivity contribution in [3.8, 4) is 39.5 Å². The Kier molecular flexibility index (Phi) is 16.1. The van der Waals surface area contributed by atoms with Gasteiger partial charge in [-0.1, -0.05) is 217 Å². The number of aromatic hydroxyl groups is 3. The maximum Gasteiger partial charge on any atom is 0.115 e. The molecule has 8 aromatic rings. The van der Waals surface area contributed by atoms with Gasteiger partial charge in [0.25, 0.3) is 0 Å². The third-order valence-electron chi connectivity index (χ3n) is 10.5. The maximum absolute atomic E-state index is 9.85. The summed E-state index contributed by atoms with van der Waals surface area (Å²) in [6.45, 7) is 12.8. The molecule has 0 unspecified atom stereocenters. The molecule has 8 aromatic carbocycles. The first-order valence-corrected chi connectivity index (χ1v) is 20.9. The smallest absolute Gasteiger partial charge is 0.115 e. The molecule has 3 nitrogen and oxygen atoms in total. The molecule has 0 radical (unpaired) electrons. The molecule has 0 atom stereocenters. The standard InChI is InChI=1S/C25H18O2.C12H10O.2C9H12.C2H6/c26-19-13-9-17(10-14-19)25(18-11-15-20(27)16-12-18)23-7-3-1-5-21(23)22-6-2-4-8-24(22)25;13-12-8-6-11(7-9-12)10-4-2-1-3-5-10;2*1-8(2)9-6-4-3-5-7-9;1-2/h1-16,26-27H;1-9,13H;2*3-8H,1-2H3;1-2H3. The van der Waals surface area contributed by atoms with E-state index in [0.29, 0.717) is 17.6 Å². The van der Waals surface area contributed by atoms with Crippen LogP contribution in [-0.2, 0) is 5.41 Å². The fourth-order valence-electron chi connectivity index (χ4n) is 7.41. The van der Waals surface area contributed by atoms with Crippen molar-refractivity contribution in [2.75, 3.05) is 0 Å². The summed E-state index contributed by atoms with van der Waals surface area (Å²) in [5.74, 6) is 2.12. The van der Waals surface area contributed by atoms with E-state index in [2.05, 4.69) is 125 Å². The fraction of sp³-hybridized carbons (Fsp3) is 0.158. The molecule has 304 valence electrons. The minimum absolute atomic E-state index is 0.249. The molecular formula is C57H58O3. The molecule has 1 aliphatic rings. The zero-order chi connectivity index (χ0) is 42.9. The van der Waals surface area contributed by atoms with Gasteiger partial charge in [0.2, 0.25) is 0 Å². The summed E-state index contributed by atoms with van der Waals surface area (Å²) < 4.78 is 0. The highest BCUT2D eigenvalue weighted by atomic mass is 16.3. The Labute approximate surface area is 358 Å². The lowest BCUT2D eigenvalue weighted by Gasteiger charge is -2.33. The molecule has 0 saturated heterocycles. The Hall–Kier alpha value is -6.84. The van der Waals surface area contributed by atoms with Crippen molar-refractivity contribution in [1.82, 2.24) is 0 Å². The molecule has 0 saturated carbocycles. The van der Waals surface area contributed by atoms with Crippen LogP contribution in [0.25, 0.3) is 22.3 Å². The molecule has 0 aromatic heterocycles. The summed E-state index contributed by atoms with van der Waals surface area (Å²) in [4.78, 5) is 0. The van der Waals surface area contributed by atoms with Crippen LogP contribution in [0.2, 0.25) is 0 Å². The van der Waals surface area contributed by atoms with E-state index in [1.807, 2.05) is 92.7 Å². The number of hydrogen-bond donors (Lipinski definition) is 3. The first-order valence-electron chi connectivity index (χ1n) is 20.9. The lowest BCUT2D eigenvalue weighted by atomic mass is 9.68. The van der Waals surface area contributed by atoms with Gasteiger partial charge in [0, 0.05) is 0 Å². The molecule has 3 heteroatoms. The van der Waals surface area contributed by atoms with Crippen molar-refractivity contribution in [3.05, 3.63) is 246 Å². The first-order chi connectivity index (χ1) is 29.2. The van der Waals surface area contributed by atoms with E-state index in [-0.39, 0.29) is 11.5 Å². The number of hydrogen-bond acceptors (Lipinski definition) is 3. The second-order valence-electron chi connectivity index (χ2n) is 15.0. The van der Waals surface area contributed by atoms with Gasteiger partial charge in [-0.3, -0.25) is 0 Å². The van der Waals surface area contributed by atoms with Gasteiger partial charge in [-0.15, -0.1) is 0 Å². The SMILES string of the molecule is CC.CC(C)c1ccccc1.CC(C)c1ccccc1.Oc1ccc(-c2ccccc2)cc1.Oc1ccc(C2(c3ccc(O)cc3)c3ccccc3-c3ccccc32)cc1. The van der Waals surface area contributed by atoms with Crippen LogP contribution in [0.1, 0.15) is 86.8 Å². The lowest BCUT2D eigenvalue weighted by molar-refractivity contribution is 0.474. The van der Waals surface area contributed by atoms with Gasteiger partial charge in [0.15, 0.2) is 0 Å². The van der Waals surface area contributed by atoms with Crippen LogP contribution >= 0.6 is 0 Å². The van der Waals surface area contributed by atoms with E-state index in [1.54, 1.807) is 36.4 Å². The third-order valence-corrected chi connectivity index (χ3v) is 10.5. The normalized spacial score (nSPS) is 11.5. The van der Waals surface area contributed by atoms with Crippen molar-refractivity contribution >= 4 is 0 Å². The number of phenolic OH excluding ortho intramolecular Hbond substituents is 3. The minimum atomic E-state index is -0.491. The van der Waals surface area contributed by atoms with E-state index in [4.69, 9.17) is 5.11 Å². The first kappa shape index (κ1) is 44.3. The largest absolute Gasteiger partial charge is 0.508 e. The lowest BCUT2D eigenvalue weighted by Crippen LogP contribution is -2.28. The monoisotopic (exact) mass is 790 g/mol. The Morgan fingerprint density at radius 1 is 0.317 bits per heavy atom. The summed E-state index contributed by atoms with van der Waals surface area (Å²) in [7, 11) is 0. The van der Waals surface area contributed by atoms with Crippen LogP contribution in [0.4, 0.5) is 0 Å². The number of phenols is 3. The Balaban J connectivity index is 0.000000171. The van der Waals surface area contributed by atoms with Gasteiger partial charge in [-0.2, -0.15) is 0 Å². The van der Waals surface area contributed by atoms with Crippen LogP contribution in [0.5, 0.6) is 17.2 Å². The zero-order valence-electron chi connectivity index (χ0n) is 35.7. The van der Waals surface area contributed by atoms with E-state index in [9.17, 15) is 10.2 Å². The van der Waals surface area contributed by atoms with Crippen LogP contribution in [-0.4, -0.2) is 15.3 Å². The van der Waals surface area contributed by atoms with Crippen LogP contribution in [0, 0.1) is 0 Å². The van der Waals surface area contributed by atoms with Crippen molar-refractivity contribution in [1.29, 1.82) is 0 Å². The van der Waals surface area contributed by atoms with Crippen molar-refractivity contribution in [3.63, 3.8) is 0 Å². The van der Waals surface area contributed by atoms with E-state index in [1.165, 1.54) is 38.9 Å². The average molecular weight is 791 g/mol. The topological polar surface area (TPSA) is 60.7 Å². The quantitative estimate of drug-likeness (QED) is 0.163. The zero-order valence-corrected chi connectivity index (χ0v) is 35.7. The molecule has 60 heavy (non-hydrogen) atoms. The third kappa shape index (κ3) is 10.8. The minimum Gasteiger partial charge on any atom is -0.508 e. The Morgan fingerprint density at radius 3 is 0.933 bits per heavy atom. The van der Waals surface area contributed by atoms with Crippen molar-refractivity contribution in [2.45, 2.75) is 58.8 Å². The highest BCUT2D eigenvalue weighted by Gasteiger charge is 2.45. The number of fused-ring (bicyclic) bond motifs is 3. The van der Waals surface area contributed by atoms with Gasteiger partial charge in [0.05, 0.1) is 5.41 Å². The molecular weight excluding hydrogens is 733 g/mol. The van der Waals surface area contributed by atoms with E-state index < -0.39 is 5.41 Å². The van der Waals surface area contributed by atoms with Gasteiger partial charge >= 0.3 is 0 Å². The van der Waals surface area contributed by atoms with Crippen LogP contribution in [0.15, 0.2) is 212 Å². The summed E-state index contributed by atoms with van der Waals surface area (Å²) in [5.41, 5.74) is 11.7. The predicted octanol–water partition coefficient (Wildman–Crippen LogP) is 15.2. The Morgan fingerprint density at radius 2 is 0.600 bits per heavy atom. The molecule has 0 amide bonds. The molecule has 3 N–H and O–H groups in total. The van der Waals surface area contributed by atoms with Gasteiger partial charge in [-0.05, 0) is 104 Å². The summed E-state index contributed by atoms with van der Waals surface area (Å²) in [6, 6.07) is 70.2. The molecule has 0 heterocycles. The van der Waals surface area contributed by atoms with E-state index in [0.717, 1.165) is 16.7 Å². The molecule has 0 bridgehead atoms. The summed E-state index contributed by atoms with van der Waals surface area (Å²) in [5, 5.41) is 28.8. The molecule has 0 aliphatic heterocycles. The van der Waals surface area contributed by atoms with Crippen molar-refractivity contribution in [2.24, 2.45) is 0 Å². The van der Waals surface area contributed by atoms with Gasteiger partial charge in [-0.25, -0.2) is 0 Å². The predicted molar refractivity (Wildman–Crippen MR) is 253 cm³/mol. The summed E-state index contributed by atoms with van der Waals surface area (Å²) in [6.07, 6.45) is 0. The van der Waals surface area contributed by atoms with Crippen molar-refractivity contribution < 1.29 is 15.3 Å². The number of benzene rings is 8. The highest BCUT2D eigenvalue weighted by molar-refractivity contribution is 5.86. The van der Waals surface area contributed by atoms with Crippen LogP contribution in [0.3, 0.4) is 0 Å². The highest BCUT2D eigenvalue weighted by Crippen LogP contribution is 2.56. The molecule has 9 rings (SSSR count). The fourth-order valence-corrected chi connectivity index (χ4v) is 7.41. The second-order valence-corrected chi connectivity index (χ2v) is 15.0. The summed E-state index contributed by atoms with van der Waals surface area (Å²) >= 11 is 0. The molecule has 0 spiro atoms. The van der Waals surface area contributed by atoms with E-state index >= 15 is 0 Å². The number of rotatable bonds is 5.